The van der Waals surface area contributed by atoms with E-state index in [0.717, 1.165) is 16.7 Å². The van der Waals surface area contributed by atoms with Gasteiger partial charge in [-0.2, -0.15) is 0 Å². The highest BCUT2D eigenvalue weighted by Gasteiger charge is 2.18. The fraction of sp³-hybridized carbons (Fsp3) is 0.316. The number of hydrogen-bond acceptors (Lipinski definition) is 3. The molecule has 0 aliphatic rings. The quantitative estimate of drug-likeness (QED) is 0.845. The molecule has 2 unspecified atom stereocenters. The first kappa shape index (κ1) is 18.4. The molecule has 2 atom stereocenters. The summed E-state index contributed by atoms with van der Waals surface area (Å²) in [7, 11) is 1.59. The van der Waals surface area contributed by atoms with Gasteiger partial charge in [-0.15, -0.1) is 0 Å². The zero-order chi connectivity index (χ0) is 18.4. The van der Waals surface area contributed by atoms with Crippen molar-refractivity contribution < 1.29 is 14.7 Å². The van der Waals surface area contributed by atoms with Crippen LogP contribution in [0.3, 0.4) is 0 Å². The van der Waals surface area contributed by atoms with Gasteiger partial charge < -0.3 is 15.3 Å². The molecule has 0 radical (unpaired) electrons. The zero-order valence-corrected chi connectivity index (χ0v) is 14.6. The number of rotatable bonds is 6. The predicted octanol–water partition coefficient (Wildman–Crippen LogP) is 3.17. The molecule has 1 heterocycles. The van der Waals surface area contributed by atoms with Crippen molar-refractivity contribution in [2.45, 2.75) is 19.9 Å². The van der Waals surface area contributed by atoms with Crippen LogP contribution >= 0.6 is 0 Å². The molecule has 1 aromatic carbocycles. The fourth-order valence-electron chi connectivity index (χ4n) is 2.46. The van der Waals surface area contributed by atoms with Crippen molar-refractivity contribution in [1.82, 2.24) is 15.2 Å². The Bertz CT molecular complexity index is 716. The van der Waals surface area contributed by atoms with E-state index in [-0.39, 0.29) is 18.6 Å². The molecule has 2 N–H and O–H groups in total. The largest absolute Gasteiger partial charge is 0.481 e. The van der Waals surface area contributed by atoms with Crippen LogP contribution < -0.4 is 5.32 Å². The molecule has 6 heteroatoms. The first-order chi connectivity index (χ1) is 11.9. The van der Waals surface area contributed by atoms with Gasteiger partial charge in [0.05, 0.1) is 12.0 Å². The van der Waals surface area contributed by atoms with E-state index in [9.17, 15) is 9.59 Å². The second kappa shape index (κ2) is 8.28. The van der Waals surface area contributed by atoms with E-state index in [4.69, 9.17) is 5.11 Å². The van der Waals surface area contributed by atoms with E-state index in [1.165, 1.54) is 4.90 Å². The third-order valence-corrected chi connectivity index (χ3v) is 4.08. The molecule has 2 amide bonds. The lowest BCUT2D eigenvalue weighted by molar-refractivity contribution is -0.141. The summed E-state index contributed by atoms with van der Waals surface area (Å²) in [6.07, 6.45) is 3.50. The van der Waals surface area contributed by atoms with Crippen molar-refractivity contribution in [1.29, 1.82) is 0 Å². The SMILES string of the molecule is CC(CN(C)C(=O)NC(C)c1ccc(-c2ccncc2)cc1)C(=O)O. The number of carbonyl (C=O) groups is 2. The number of pyridine rings is 1. The first-order valence-corrected chi connectivity index (χ1v) is 8.13. The van der Waals surface area contributed by atoms with Gasteiger partial charge in [0.25, 0.3) is 0 Å². The molecule has 25 heavy (non-hydrogen) atoms. The van der Waals surface area contributed by atoms with Crippen LogP contribution in [0.5, 0.6) is 0 Å². The number of hydrogen-bond donors (Lipinski definition) is 2. The van der Waals surface area contributed by atoms with Gasteiger partial charge in [-0.05, 0) is 35.7 Å². The van der Waals surface area contributed by atoms with Gasteiger partial charge in [-0.3, -0.25) is 9.78 Å². The van der Waals surface area contributed by atoms with E-state index in [0.29, 0.717) is 0 Å². The average molecular weight is 341 g/mol. The molecule has 0 saturated carbocycles. The number of nitrogens with one attached hydrogen (secondary N) is 1. The monoisotopic (exact) mass is 341 g/mol. The summed E-state index contributed by atoms with van der Waals surface area (Å²) >= 11 is 0. The first-order valence-electron chi connectivity index (χ1n) is 8.13. The lowest BCUT2D eigenvalue weighted by Crippen LogP contribution is -2.41. The number of benzene rings is 1. The van der Waals surface area contributed by atoms with Crippen molar-refractivity contribution in [2.24, 2.45) is 5.92 Å². The minimum Gasteiger partial charge on any atom is -0.481 e. The van der Waals surface area contributed by atoms with Gasteiger partial charge in [-0.1, -0.05) is 31.2 Å². The van der Waals surface area contributed by atoms with Crippen LogP contribution in [0.2, 0.25) is 0 Å². The van der Waals surface area contributed by atoms with Crippen LogP contribution in [-0.4, -0.2) is 40.6 Å². The van der Waals surface area contributed by atoms with Crippen LogP contribution in [0.25, 0.3) is 11.1 Å². The Kier molecular flexibility index (Phi) is 6.11. The maximum absolute atomic E-state index is 12.2. The number of aliphatic carboxylic acids is 1. The molecule has 0 bridgehead atoms. The highest BCUT2D eigenvalue weighted by Crippen LogP contribution is 2.21. The minimum atomic E-state index is -0.917. The number of aromatic nitrogens is 1. The molecular formula is C19H23N3O3. The van der Waals surface area contributed by atoms with Gasteiger partial charge >= 0.3 is 12.0 Å². The summed E-state index contributed by atoms with van der Waals surface area (Å²) in [5.74, 6) is -1.52. The maximum Gasteiger partial charge on any atom is 0.317 e. The van der Waals surface area contributed by atoms with Crippen LogP contribution in [0, 0.1) is 5.92 Å². The van der Waals surface area contributed by atoms with Crippen molar-refractivity contribution in [3.8, 4) is 11.1 Å². The van der Waals surface area contributed by atoms with Gasteiger partial charge in [0, 0.05) is 26.0 Å². The van der Waals surface area contributed by atoms with Gasteiger partial charge in [-0.25, -0.2) is 4.79 Å². The molecule has 2 aromatic rings. The number of carboxylic acids is 1. The van der Waals surface area contributed by atoms with Crippen LogP contribution in [0.15, 0.2) is 48.8 Å². The Hall–Kier alpha value is -2.89. The van der Waals surface area contributed by atoms with Gasteiger partial charge in [0.1, 0.15) is 0 Å². The second-order valence-corrected chi connectivity index (χ2v) is 6.15. The molecule has 0 aliphatic carbocycles. The van der Waals surface area contributed by atoms with Crippen molar-refractivity contribution in [3.05, 3.63) is 54.4 Å². The number of carboxylic acid groups (broad SMARTS) is 1. The molecular weight excluding hydrogens is 318 g/mol. The Labute approximate surface area is 147 Å². The van der Waals surface area contributed by atoms with Crippen LogP contribution in [-0.2, 0) is 4.79 Å². The maximum atomic E-state index is 12.2. The Morgan fingerprint density at radius 1 is 1.08 bits per heavy atom. The molecule has 0 spiro atoms. The third kappa shape index (κ3) is 5.04. The minimum absolute atomic E-state index is 0.162. The molecule has 2 rings (SSSR count). The summed E-state index contributed by atoms with van der Waals surface area (Å²) in [6, 6.07) is 11.4. The lowest BCUT2D eigenvalue weighted by Gasteiger charge is -2.23. The van der Waals surface area contributed by atoms with Crippen LogP contribution in [0.1, 0.15) is 25.5 Å². The summed E-state index contributed by atoms with van der Waals surface area (Å²) in [5.41, 5.74) is 3.14. The van der Waals surface area contributed by atoms with E-state index in [2.05, 4.69) is 10.3 Å². The topological polar surface area (TPSA) is 82.5 Å². The summed E-state index contributed by atoms with van der Waals surface area (Å²) in [5, 5.41) is 11.8. The second-order valence-electron chi connectivity index (χ2n) is 6.15. The van der Waals surface area contributed by atoms with Crippen LogP contribution in [0.4, 0.5) is 4.79 Å². The van der Waals surface area contributed by atoms with Gasteiger partial charge in [0.15, 0.2) is 0 Å². The van der Waals surface area contributed by atoms with Gasteiger partial charge in [0.2, 0.25) is 0 Å². The summed E-state index contributed by atoms with van der Waals surface area (Å²) < 4.78 is 0. The number of carbonyl (C=O) groups excluding carboxylic acids is 1. The Morgan fingerprint density at radius 2 is 1.64 bits per heavy atom. The molecule has 0 aliphatic heterocycles. The Balaban J connectivity index is 1.97. The molecule has 132 valence electrons. The number of amides is 2. The fourth-order valence-corrected chi connectivity index (χ4v) is 2.46. The Morgan fingerprint density at radius 3 is 2.20 bits per heavy atom. The number of urea groups is 1. The normalized spacial score (nSPS) is 12.9. The lowest BCUT2D eigenvalue weighted by atomic mass is 10.0. The molecule has 0 fully saturated rings. The predicted molar refractivity (Wildman–Crippen MR) is 96.0 cm³/mol. The zero-order valence-electron chi connectivity index (χ0n) is 14.6. The highest BCUT2D eigenvalue weighted by atomic mass is 16.4. The molecule has 0 saturated heterocycles. The van der Waals surface area contributed by atoms with E-state index in [1.807, 2.05) is 43.3 Å². The van der Waals surface area contributed by atoms with Crippen molar-refractivity contribution in [2.75, 3.05) is 13.6 Å². The smallest absolute Gasteiger partial charge is 0.317 e. The third-order valence-electron chi connectivity index (χ3n) is 4.08. The highest BCUT2D eigenvalue weighted by molar-refractivity contribution is 5.76. The summed E-state index contributed by atoms with van der Waals surface area (Å²) in [4.78, 5) is 28.5. The van der Waals surface area contributed by atoms with Crippen molar-refractivity contribution >= 4 is 12.0 Å². The summed E-state index contributed by atoms with van der Waals surface area (Å²) in [6.45, 7) is 3.63. The van der Waals surface area contributed by atoms with E-state index in [1.54, 1.807) is 26.4 Å². The van der Waals surface area contributed by atoms with E-state index >= 15 is 0 Å². The average Bonchev–Trinajstić information content (AvgIpc) is 2.62. The molecule has 6 nitrogen and oxygen atoms in total. The van der Waals surface area contributed by atoms with E-state index < -0.39 is 11.9 Å². The standard InChI is InChI=1S/C19H23N3O3/c1-13(18(23)24)12-22(3)19(25)21-14(2)15-4-6-16(7-5-15)17-8-10-20-11-9-17/h4-11,13-14H,12H2,1-3H3,(H,21,25)(H,23,24). The van der Waals surface area contributed by atoms with Crippen molar-refractivity contribution in [3.63, 3.8) is 0 Å². The number of nitrogens with zero attached hydrogens (tertiary/aromatic N) is 2. The molecule has 1 aromatic heterocycles.